The van der Waals surface area contributed by atoms with E-state index in [4.69, 9.17) is 0 Å². The molecule has 1 atom stereocenters. The minimum atomic E-state index is 0.599. The maximum absolute atomic E-state index is 3.91. The standard InChI is InChI=1S/C16H32N2/c1-5-8-10-18(12-15(4)6-2)11-9-16(7-3)13-17-14-16/h6,15,17H,2,5,7-14H2,1,3-4H3. The molecule has 0 spiro atoms. The highest BCUT2D eigenvalue weighted by atomic mass is 15.1. The molecule has 0 radical (unpaired) electrons. The Labute approximate surface area is 114 Å². The van der Waals surface area contributed by atoms with Crippen molar-refractivity contribution >= 4 is 0 Å². The zero-order valence-corrected chi connectivity index (χ0v) is 12.7. The Morgan fingerprint density at radius 3 is 2.50 bits per heavy atom. The highest BCUT2D eigenvalue weighted by Gasteiger charge is 2.34. The molecule has 1 aliphatic rings. The Morgan fingerprint density at radius 1 is 1.33 bits per heavy atom. The molecule has 18 heavy (non-hydrogen) atoms. The summed E-state index contributed by atoms with van der Waals surface area (Å²) in [5.41, 5.74) is 0.599. The van der Waals surface area contributed by atoms with Crippen molar-refractivity contribution < 1.29 is 0 Å². The molecule has 0 amide bonds. The fourth-order valence-electron chi connectivity index (χ4n) is 2.64. The topological polar surface area (TPSA) is 15.3 Å². The van der Waals surface area contributed by atoms with Gasteiger partial charge in [0.15, 0.2) is 0 Å². The third kappa shape index (κ3) is 4.74. The Morgan fingerprint density at radius 2 is 2.06 bits per heavy atom. The molecular weight excluding hydrogens is 220 g/mol. The van der Waals surface area contributed by atoms with Crippen LogP contribution in [0.1, 0.15) is 46.5 Å². The highest BCUT2D eigenvalue weighted by Crippen LogP contribution is 2.31. The van der Waals surface area contributed by atoms with Crippen LogP contribution in [0.2, 0.25) is 0 Å². The van der Waals surface area contributed by atoms with Gasteiger partial charge in [-0.25, -0.2) is 0 Å². The van der Waals surface area contributed by atoms with E-state index in [1.54, 1.807) is 0 Å². The quantitative estimate of drug-likeness (QED) is 0.600. The van der Waals surface area contributed by atoms with Crippen LogP contribution in [0.15, 0.2) is 12.7 Å². The molecule has 0 saturated carbocycles. The second-order valence-electron chi connectivity index (χ2n) is 6.07. The van der Waals surface area contributed by atoms with Gasteiger partial charge in [0.2, 0.25) is 0 Å². The number of unbranched alkanes of at least 4 members (excludes halogenated alkanes) is 1. The molecule has 1 heterocycles. The van der Waals surface area contributed by atoms with E-state index in [0.29, 0.717) is 11.3 Å². The van der Waals surface area contributed by atoms with E-state index >= 15 is 0 Å². The van der Waals surface area contributed by atoms with Gasteiger partial charge in [0, 0.05) is 19.6 Å². The summed E-state index contributed by atoms with van der Waals surface area (Å²) in [6, 6.07) is 0. The van der Waals surface area contributed by atoms with Gasteiger partial charge in [-0.15, -0.1) is 6.58 Å². The molecule has 1 N–H and O–H groups in total. The first-order valence-electron chi connectivity index (χ1n) is 7.71. The zero-order valence-electron chi connectivity index (χ0n) is 12.7. The molecule has 1 rings (SSSR count). The Hall–Kier alpha value is -0.340. The van der Waals surface area contributed by atoms with Crippen LogP contribution in [0.3, 0.4) is 0 Å². The molecule has 0 aromatic heterocycles. The van der Waals surface area contributed by atoms with Crippen molar-refractivity contribution in [3.8, 4) is 0 Å². The number of rotatable bonds is 10. The molecule has 0 aromatic carbocycles. The third-order valence-electron chi connectivity index (χ3n) is 4.48. The molecule has 1 saturated heterocycles. The lowest BCUT2D eigenvalue weighted by Crippen LogP contribution is -2.54. The Balaban J connectivity index is 2.36. The molecule has 2 heteroatoms. The molecule has 1 aliphatic heterocycles. The normalized spacial score (nSPS) is 19.6. The average Bonchev–Trinajstić information content (AvgIpc) is 2.34. The summed E-state index contributed by atoms with van der Waals surface area (Å²) in [4.78, 5) is 2.64. The summed E-state index contributed by atoms with van der Waals surface area (Å²) < 4.78 is 0. The fraction of sp³-hybridized carbons (Fsp3) is 0.875. The lowest BCUT2D eigenvalue weighted by molar-refractivity contribution is 0.115. The monoisotopic (exact) mass is 252 g/mol. The van der Waals surface area contributed by atoms with Crippen molar-refractivity contribution in [2.45, 2.75) is 46.5 Å². The van der Waals surface area contributed by atoms with Crippen LogP contribution < -0.4 is 5.32 Å². The number of hydrogen-bond acceptors (Lipinski definition) is 2. The van der Waals surface area contributed by atoms with Gasteiger partial charge in [0.1, 0.15) is 0 Å². The lowest BCUT2D eigenvalue weighted by Gasteiger charge is -2.43. The second kappa shape index (κ2) is 7.96. The van der Waals surface area contributed by atoms with E-state index < -0.39 is 0 Å². The summed E-state index contributed by atoms with van der Waals surface area (Å²) in [6.45, 7) is 16.9. The Kier molecular flexibility index (Phi) is 6.95. The van der Waals surface area contributed by atoms with Gasteiger partial charge in [-0.2, -0.15) is 0 Å². The molecule has 0 aliphatic carbocycles. The molecule has 1 unspecified atom stereocenters. The van der Waals surface area contributed by atoms with E-state index in [1.165, 1.54) is 58.4 Å². The minimum absolute atomic E-state index is 0.599. The molecule has 0 aromatic rings. The van der Waals surface area contributed by atoms with Crippen molar-refractivity contribution in [1.29, 1.82) is 0 Å². The van der Waals surface area contributed by atoms with E-state index in [-0.39, 0.29) is 0 Å². The van der Waals surface area contributed by atoms with Gasteiger partial charge in [-0.1, -0.05) is 33.3 Å². The highest BCUT2D eigenvalue weighted by molar-refractivity contribution is 4.92. The predicted molar refractivity (Wildman–Crippen MR) is 80.9 cm³/mol. The largest absolute Gasteiger partial charge is 0.316 e. The summed E-state index contributed by atoms with van der Waals surface area (Å²) in [5, 5.41) is 3.44. The van der Waals surface area contributed by atoms with Gasteiger partial charge >= 0.3 is 0 Å². The van der Waals surface area contributed by atoms with Gasteiger partial charge in [0.05, 0.1) is 0 Å². The zero-order chi connectivity index (χ0) is 13.4. The van der Waals surface area contributed by atoms with Gasteiger partial charge in [-0.05, 0) is 43.7 Å². The van der Waals surface area contributed by atoms with Gasteiger partial charge in [-0.3, -0.25) is 0 Å². The molecule has 2 nitrogen and oxygen atoms in total. The summed E-state index contributed by atoms with van der Waals surface area (Å²) >= 11 is 0. The van der Waals surface area contributed by atoms with Crippen molar-refractivity contribution in [2.75, 3.05) is 32.7 Å². The van der Waals surface area contributed by atoms with Crippen LogP contribution in [0.5, 0.6) is 0 Å². The maximum atomic E-state index is 3.91. The average molecular weight is 252 g/mol. The van der Waals surface area contributed by atoms with Crippen LogP contribution in [-0.4, -0.2) is 37.6 Å². The summed E-state index contributed by atoms with van der Waals surface area (Å²) in [5.74, 6) is 0.610. The third-order valence-corrected chi connectivity index (χ3v) is 4.48. The number of hydrogen-bond donors (Lipinski definition) is 1. The van der Waals surface area contributed by atoms with Crippen molar-refractivity contribution in [2.24, 2.45) is 11.3 Å². The predicted octanol–water partition coefficient (Wildman–Crippen LogP) is 3.30. The van der Waals surface area contributed by atoms with Crippen LogP contribution in [0.4, 0.5) is 0 Å². The minimum Gasteiger partial charge on any atom is -0.316 e. The molecular formula is C16H32N2. The van der Waals surface area contributed by atoms with E-state index in [9.17, 15) is 0 Å². The van der Waals surface area contributed by atoms with Gasteiger partial charge in [0.25, 0.3) is 0 Å². The maximum Gasteiger partial charge on any atom is 0.00416 e. The first-order valence-corrected chi connectivity index (χ1v) is 7.71. The number of nitrogens with one attached hydrogen (secondary N) is 1. The van der Waals surface area contributed by atoms with E-state index in [2.05, 4.69) is 43.6 Å². The van der Waals surface area contributed by atoms with E-state index in [1.807, 2.05) is 0 Å². The fourth-order valence-corrected chi connectivity index (χ4v) is 2.64. The van der Waals surface area contributed by atoms with Gasteiger partial charge < -0.3 is 10.2 Å². The summed E-state index contributed by atoms with van der Waals surface area (Å²) in [7, 11) is 0. The molecule has 0 bridgehead atoms. The van der Waals surface area contributed by atoms with Crippen LogP contribution in [0.25, 0.3) is 0 Å². The van der Waals surface area contributed by atoms with Crippen molar-refractivity contribution in [3.05, 3.63) is 12.7 Å². The van der Waals surface area contributed by atoms with Crippen LogP contribution in [-0.2, 0) is 0 Å². The van der Waals surface area contributed by atoms with Crippen LogP contribution >= 0.6 is 0 Å². The SMILES string of the molecule is C=CC(C)CN(CCCC)CCC1(CC)CNC1. The number of nitrogens with zero attached hydrogens (tertiary/aromatic N) is 1. The van der Waals surface area contributed by atoms with Crippen molar-refractivity contribution in [1.82, 2.24) is 10.2 Å². The van der Waals surface area contributed by atoms with Crippen LogP contribution in [0, 0.1) is 11.3 Å². The first-order chi connectivity index (χ1) is 8.65. The summed E-state index contributed by atoms with van der Waals surface area (Å²) in [6.07, 6.45) is 7.36. The lowest BCUT2D eigenvalue weighted by atomic mass is 9.76. The van der Waals surface area contributed by atoms with Crippen molar-refractivity contribution in [3.63, 3.8) is 0 Å². The second-order valence-corrected chi connectivity index (χ2v) is 6.07. The molecule has 1 fully saturated rings. The van der Waals surface area contributed by atoms with E-state index in [0.717, 1.165) is 0 Å². The Bertz CT molecular complexity index is 228. The smallest absolute Gasteiger partial charge is 0.00416 e. The first kappa shape index (κ1) is 15.7. The molecule has 106 valence electrons.